The second kappa shape index (κ2) is 5.21. The molecule has 1 aromatic carbocycles. The molecule has 1 aliphatic rings. The van der Waals surface area contributed by atoms with Crippen LogP contribution < -0.4 is 4.90 Å². The van der Waals surface area contributed by atoms with Crippen molar-refractivity contribution in [2.75, 3.05) is 31.6 Å². The van der Waals surface area contributed by atoms with Crippen LogP contribution in [0.1, 0.15) is 13.8 Å². The summed E-state index contributed by atoms with van der Waals surface area (Å²) >= 11 is 0. The first-order valence-electron chi connectivity index (χ1n) is 6.62. The molecular formula is C15H22N2O2. The van der Waals surface area contributed by atoms with E-state index in [0.717, 1.165) is 12.2 Å². The predicted molar refractivity (Wildman–Crippen MR) is 76.1 cm³/mol. The van der Waals surface area contributed by atoms with Gasteiger partial charge in [-0.2, -0.15) is 0 Å². The van der Waals surface area contributed by atoms with E-state index in [2.05, 4.69) is 13.8 Å². The summed E-state index contributed by atoms with van der Waals surface area (Å²) in [5.41, 5.74) is 0.975. The summed E-state index contributed by atoms with van der Waals surface area (Å²) in [7, 11) is 1.81. The molecule has 4 nitrogen and oxygen atoms in total. The normalized spacial score (nSPS) is 23.4. The minimum absolute atomic E-state index is 0.00975. The quantitative estimate of drug-likeness (QED) is 0.875. The molecular weight excluding hydrogens is 240 g/mol. The lowest BCUT2D eigenvalue weighted by molar-refractivity contribution is -0.132. The highest BCUT2D eigenvalue weighted by Gasteiger charge is 2.37. The highest BCUT2D eigenvalue weighted by Crippen LogP contribution is 2.28. The van der Waals surface area contributed by atoms with Crippen molar-refractivity contribution in [3.63, 3.8) is 0 Å². The van der Waals surface area contributed by atoms with Gasteiger partial charge in [0.25, 0.3) is 0 Å². The number of benzene rings is 1. The van der Waals surface area contributed by atoms with E-state index in [1.807, 2.05) is 35.2 Å². The standard InChI is InChI=1S/C15H22N2O2/c1-15(2)10-16(3)14(19)13(9-18)17(11-15)12-7-5-4-6-8-12/h4-8,13,18H,9-11H2,1-3H3. The van der Waals surface area contributed by atoms with Crippen LogP contribution in [-0.4, -0.2) is 48.7 Å². The fraction of sp³-hybridized carbons (Fsp3) is 0.533. The Kier molecular flexibility index (Phi) is 3.80. The second-order valence-corrected chi connectivity index (χ2v) is 6.02. The van der Waals surface area contributed by atoms with Gasteiger partial charge in [-0.3, -0.25) is 4.79 Å². The number of aliphatic hydroxyl groups is 1. The maximum atomic E-state index is 12.4. The number of carbonyl (C=O) groups is 1. The Hall–Kier alpha value is -1.55. The van der Waals surface area contributed by atoms with Gasteiger partial charge in [0, 0.05) is 25.8 Å². The molecule has 1 aromatic rings. The van der Waals surface area contributed by atoms with Crippen LogP contribution in [0.4, 0.5) is 5.69 Å². The Labute approximate surface area is 114 Å². The van der Waals surface area contributed by atoms with E-state index >= 15 is 0 Å². The van der Waals surface area contributed by atoms with Crippen molar-refractivity contribution < 1.29 is 9.90 Å². The van der Waals surface area contributed by atoms with E-state index in [1.165, 1.54) is 0 Å². The van der Waals surface area contributed by atoms with Crippen molar-refractivity contribution in [1.82, 2.24) is 4.90 Å². The summed E-state index contributed by atoms with van der Waals surface area (Å²) in [4.78, 5) is 16.1. The first kappa shape index (κ1) is 13.9. The third-order valence-electron chi connectivity index (χ3n) is 3.56. The number of para-hydroxylation sites is 1. The number of aliphatic hydroxyl groups excluding tert-OH is 1. The van der Waals surface area contributed by atoms with E-state index in [-0.39, 0.29) is 17.9 Å². The molecule has 0 aliphatic carbocycles. The summed E-state index contributed by atoms with van der Waals surface area (Å²) in [5, 5.41) is 9.62. The van der Waals surface area contributed by atoms with E-state index in [4.69, 9.17) is 0 Å². The third-order valence-corrected chi connectivity index (χ3v) is 3.56. The Bertz CT molecular complexity index is 445. The highest BCUT2D eigenvalue weighted by atomic mass is 16.3. The summed E-state index contributed by atoms with van der Waals surface area (Å²) in [5.74, 6) is -0.0167. The lowest BCUT2D eigenvalue weighted by Gasteiger charge is -2.33. The molecule has 19 heavy (non-hydrogen) atoms. The average Bonchev–Trinajstić information content (AvgIpc) is 2.46. The molecule has 1 heterocycles. The van der Waals surface area contributed by atoms with Crippen molar-refractivity contribution in [3.05, 3.63) is 30.3 Å². The van der Waals surface area contributed by atoms with Gasteiger partial charge in [0.15, 0.2) is 0 Å². The molecule has 104 valence electrons. The summed E-state index contributed by atoms with van der Waals surface area (Å²) < 4.78 is 0. The second-order valence-electron chi connectivity index (χ2n) is 6.02. The molecule has 1 aliphatic heterocycles. The van der Waals surface area contributed by atoms with Crippen LogP contribution in [0.15, 0.2) is 30.3 Å². The molecule has 1 atom stereocenters. The lowest BCUT2D eigenvalue weighted by atomic mass is 9.92. The van der Waals surface area contributed by atoms with Crippen molar-refractivity contribution in [3.8, 4) is 0 Å². The lowest BCUT2D eigenvalue weighted by Crippen LogP contribution is -2.47. The van der Waals surface area contributed by atoms with E-state index < -0.39 is 6.04 Å². The highest BCUT2D eigenvalue weighted by molar-refractivity contribution is 5.86. The fourth-order valence-corrected chi connectivity index (χ4v) is 2.80. The number of anilines is 1. The molecule has 0 aromatic heterocycles. The van der Waals surface area contributed by atoms with E-state index in [9.17, 15) is 9.90 Å². The molecule has 0 bridgehead atoms. The van der Waals surface area contributed by atoms with Gasteiger partial charge in [-0.1, -0.05) is 32.0 Å². The van der Waals surface area contributed by atoms with Crippen LogP contribution in [0.2, 0.25) is 0 Å². The number of hydrogen-bond donors (Lipinski definition) is 1. The smallest absolute Gasteiger partial charge is 0.247 e. The Balaban J connectivity index is 2.40. The van der Waals surface area contributed by atoms with E-state index in [0.29, 0.717) is 6.54 Å². The van der Waals surface area contributed by atoms with Gasteiger partial charge in [0.05, 0.1) is 6.61 Å². The zero-order chi connectivity index (χ0) is 14.0. The van der Waals surface area contributed by atoms with Crippen molar-refractivity contribution in [2.24, 2.45) is 5.41 Å². The van der Waals surface area contributed by atoms with Gasteiger partial charge in [0.2, 0.25) is 5.91 Å². The summed E-state index contributed by atoms with van der Waals surface area (Å²) in [6, 6.07) is 9.34. The molecule has 0 radical (unpaired) electrons. The van der Waals surface area contributed by atoms with Crippen LogP contribution in [0.5, 0.6) is 0 Å². The van der Waals surface area contributed by atoms with Crippen molar-refractivity contribution in [2.45, 2.75) is 19.9 Å². The predicted octanol–water partition coefficient (Wildman–Crippen LogP) is 1.35. The van der Waals surface area contributed by atoms with Gasteiger partial charge in [0.1, 0.15) is 6.04 Å². The van der Waals surface area contributed by atoms with Crippen LogP contribution in [0.3, 0.4) is 0 Å². The first-order chi connectivity index (χ1) is 8.94. The van der Waals surface area contributed by atoms with Crippen LogP contribution >= 0.6 is 0 Å². The SMILES string of the molecule is CN1CC(C)(C)CN(c2ccccc2)C(CO)C1=O. The third kappa shape index (κ3) is 2.89. The minimum Gasteiger partial charge on any atom is -0.394 e. The van der Waals surface area contributed by atoms with Crippen LogP contribution in [0.25, 0.3) is 0 Å². The Morgan fingerprint density at radius 3 is 2.47 bits per heavy atom. The topological polar surface area (TPSA) is 43.8 Å². The zero-order valence-electron chi connectivity index (χ0n) is 11.8. The van der Waals surface area contributed by atoms with Gasteiger partial charge < -0.3 is 14.9 Å². The fourth-order valence-electron chi connectivity index (χ4n) is 2.80. The molecule has 0 saturated carbocycles. The van der Waals surface area contributed by atoms with Crippen molar-refractivity contribution in [1.29, 1.82) is 0 Å². The van der Waals surface area contributed by atoms with Gasteiger partial charge >= 0.3 is 0 Å². The van der Waals surface area contributed by atoms with Gasteiger partial charge in [-0.05, 0) is 17.5 Å². The number of hydrogen-bond acceptors (Lipinski definition) is 3. The van der Waals surface area contributed by atoms with Crippen LogP contribution in [-0.2, 0) is 4.79 Å². The summed E-state index contributed by atoms with van der Waals surface area (Å²) in [6.07, 6.45) is 0. The van der Waals surface area contributed by atoms with Gasteiger partial charge in [-0.15, -0.1) is 0 Å². The molecule has 1 saturated heterocycles. The largest absolute Gasteiger partial charge is 0.394 e. The van der Waals surface area contributed by atoms with E-state index in [1.54, 1.807) is 11.9 Å². The van der Waals surface area contributed by atoms with Gasteiger partial charge in [-0.25, -0.2) is 0 Å². The monoisotopic (exact) mass is 262 g/mol. The Morgan fingerprint density at radius 2 is 1.89 bits per heavy atom. The maximum absolute atomic E-state index is 12.4. The number of amides is 1. The maximum Gasteiger partial charge on any atom is 0.247 e. The molecule has 2 rings (SSSR count). The summed E-state index contributed by atoms with van der Waals surface area (Å²) in [6.45, 7) is 5.58. The van der Waals surface area contributed by atoms with Crippen LogP contribution in [0, 0.1) is 5.41 Å². The molecule has 4 heteroatoms. The minimum atomic E-state index is -0.492. The average molecular weight is 262 g/mol. The Morgan fingerprint density at radius 1 is 1.26 bits per heavy atom. The molecule has 1 N–H and O–H groups in total. The van der Waals surface area contributed by atoms with Crippen molar-refractivity contribution >= 4 is 11.6 Å². The zero-order valence-corrected chi connectivity index (χ0v) is 11.8. The molecule has 0 spiro atoms. The number of nitrogens with zero attached hydrogens (tertiary/aromatic N) is 2. The molecule has 1 unspecified atom stereocenters. The number of likely N-dealkylation sites (N-methyl/N-ethyl adjacent to an activating group) is 1. The first-order valence-corrected chi connectivity index (χ1v) is 6.62. The molecule has 1 amide bonds. The molecule has 1 fully saturated rings. The number of rotatable bonds is 2. The number of carbonyl (C=O) groups excluding carboxylic acids is 1.